The van der Waals surface area contributed by atoms with Crippen molar-refractivity contribution in [2.45, 2.75) is 17.9 Å². The summed E-state index contributed by atoms with van der Waals surface area (Å²) in [6, 6.07) is 14.1. The maximum Gasteiger partial charge on any atom is 0.237 e. The smallest absolute Gasteiger partial charge is 0.237 e. The maximum atomic E-state index is 12.6. The number of rotatable bonds is 5. The third-order valence-corrected chi connectivity index (χ3v) is 6.18. The minimum Gasteiger partial charge on any atom is -0.368 e. The Bertz CT molecular complexity index is 837. The lowest BCUT2D eigenvalue weighted by Crippen LogP contribution is -2.49. The summed E-state index contributed by atoms with van der Waals surface area (Å²) in [5, 5.41) is 0.894. The lowest BCUT2D eigenvalue weighted by atomic mass is 10.2. The van der Waals surface area contributed by atoms with Crippen molar-refractivity contribution in [2.24, 2.45) is 0 Å². The molecule has 0 atom stereocenters. The molecule has 1 fully saturated rings. The van der Waals surface area contributed by atoms with Gasteiger partial charge in [-0.25, -0.2) is 4.98 Å². The first-order valence-corrected chi connectivity index (χ1v) is 10.7. The number of piperazine rings is 1. The lowest BCUT2D eigenvalue weighted by Gasteiger charge is -2.36. The van der Waals surface area contributed by atoms with Crippen LogP contribution in [0.25, 0.3) is 0 Å². The molecule has 0 spiro atoms. The van der Waals surface area contributed by atoms with Crippen molar-refractivity contribution in [2.75, 3.05) is 48.3 Å². The molecule has 1 aromatic heterocycles. The Morgan fingerprint density at radius 2 is 1.82 bits per heavy atom. The highest BCUT2D eigenvalue weighted by atomic mass is 32.2. The van der Waals surface area contributed by atoms with Gasteiger partial charge < -0.3 is 14.7 Å². The van der Waals surface area contributed by atoms with Gasteiger partial charge in [0, 0.05) is 51.0 Å². The molecule has 2 aromatic rings. The number of amides is 2. The average Bonchev–Trinajstić information content (AvgIpc) is 2.76. The zero-order valence-corrected chi connectivity index (χ0v) is 16.6. The van der Waals surface area contributed by atoms with Crippen molar-refractivity contribution < 1.29 is 9.59 Å². The monoisotopic (exact) mass is 396 g/mol. The van der Waals surface area contributed by atoms with Gasteiger partial charge in [0.1, 0.15) is 5.03 Å². The van der Waals surface area contributed by atoms with E-state index in [2.05, 4.69) is 22.0 Å². The average molecular weight is 397 g/mol. The summed E-state index contributed by atoms with van der Waals surface area (Å²) in [4.78, 5) is 35.3. The van der Waals surface area contributed by atoms with Crippen LogP contribution < -0.4 is 9.80 Å². The van der Waals surface area contributed by atoms with Crippen LogP contribution in [0.5, 0.6) is 0 Å². The molecule has 2 aliphatic rings. The predicted molar refractivity (Wildman–Crippen MR) is 112 cm³/mol. The van der Waals surface area contributed by atoms with E-state index in [0.717, 1.165) is 36.9 Å². The normalized spacial score (nSPS) is 16.9. The molecule has 2 amide bonds. The van der Waals surface area contributed by atoms with E-state index in [9.17, 15) is 9.59 Å². The first-order valence-electron chi connectivity index (χ1n) is 9.68. The van der Waals surface area contributed by atoms with E-state index in [1.165, 1.54) is 17.4 Å². The highest BCUT2D eigenvalue weighted by Crippen LogP contribution is 2.33. The molecular weight excluding hydrogens is 372 g/mol. The SMILES string of the molecule is O=C(CCCN1C(=O)CSc2ncccc21)N1CCN(c2ccccc2)CC1. The van der Waals surface area contributed by atoms with E-state index in [1.807, 2.05) is 35.2 Å². The number of para-hydroxylation sites is 1. The van der Waals surface area contributed by atoms with Gasteiger partial charge in [0.15, 0.2) is 0 Å². The van der Waals surface area contributed by atoms with Gasteiger partial charge in [-0.3, -0.25) is 9.59 Å². The summed E-state index contributed by atoms with van der Waals surface area (Å²) in [5.41, 5.74) is 2.08. The predicted octanol–water partition coefficient (Wildman–Crippen LogP) is 2.65. The topological polar surface area (TPSA) is 56.8 Å². The lowest BCUT2D eigenvalue weighted by molar-refractivity contribution is -0.131. The minimum atomic E-state index is 0.0921. The molecule has 4 rings (SSSR count). The molecule has 2 aliphatic heterocycles. The molecule has 0 unspecified atom stereocenters. The third-order valence-electron chi connectivity index (χ3n) is 5.20. The van der Waals surface area contributed by atoms with Crippen molar-refractivity contribution in [3.63, 3.8) is 0 Å². The molecule has 0 bridgehead atoms. The van der Waals surface area contributed by atoms with Crippen LogP contribution in [0.15, 0.2) is 53.7 Å². The summed E-state index contributed by atoms with van der Waals surface area (Å²) in [6.45, 7) is 3.78. The van der Waals surface area contributed by atoms with Gasteiger partial charge in [0.25, 0.3) is 0 Å². The summed E-state index contributed by atoms with van der Waals surface area (Å²) in [5.74, 6) is 0.687. The van der Waals surface area contributed by atoms with E-state index in [1.54, 1.807) is 11.1 Å². The Labute approximate surface area is 169 Å². The molecular formula is C21H24N4O2S. The summed E-state index contributed by atoms with van der Waals surface area (Å²) in [6.07, 6.45) is 2.89. The Morgan fingerprint density at radius 1 is 1.04 bits per heavy atom. The fraction of sp³-hybridized carbons (Fsp3) is 0.381. The highest BCUT2D eigenvalue weighted by Gasteiger charge is 2.26. The number of aromatic nitrogens is 1. The van der Waals surface area contributed by atoms with Gasteiger partial charge in [-0.2, -0.15) is 0 Å². The van der Waals surface area contributed by atoms with Gasteiger partial charge >= 0.3 is 0 Å². The van der Waals surface area contributed by atoms with Crippen LogP contribution in [-0.4, -0.2) is 60.2 Å². The van der Waals surface area contributed by atoms with Crippen LogP contribution >= 0.6 is 11.8 Å². The van der Waals surface area contributed by atoms with Gasteiger partial charge in [0.05, 0.1) is 11.4 Å². The van der Waals surface area contributed by atoms with Crippen molar-refractivity contribution in [3.05, 3.63) is 48.7 Å². The molecule has 0 N–H and O–H groups in total. The molecule has 7 heteroatoms. The molecule has 146 valence electrons. The van der Waals surface area contributed by atoms with Gasteiger partial charge in [-0.15, -0.1) is 0 Å². The van der Waals surface area contributed by atoms with Crippen LogP contribution in [0.4, 0.5) is 11.4 Å². The number of nitrogens with zero attached hydrogens (tertiary/aromatic N) is 4. The van der Waals surface area contributed by atoms with Crippen LogP contribution in [0.3, 0.4) is 0 Å². The second-order valence-corrected chi connectivity index (χ2v) is 7.93. The molecule has 0 aliphatic carbocycles. The molecule has 1 saturated heterocycles. The molecule has 0 radical (unpaired) electrons. The minimum absolute atomic E-state index is 0.0921. The number of pyridine rings is 1. The maximum absolute atomic E-state index is 12.6. The van der Waals surface area contributed by atoms with Crippen LogP contribution in [-0.2, 0) is 9.59 Å². The number of hydrogen-bond donors (Lipinski definition) is 0. The summed E-state index contributed by atoms with van der Waals surface area (Å²) in [7, 11) is 0. The van der Waals surface area contributed by atoms with Crippen molar-refractivity contribution in [1.29, 1.82) is 0 Å². The van der Waals surface area contributed by atoms with Gasteiger partial charge in [-0.05, 0) is 30.7 Å². The van der Waals surface area contributed by atoms with Crippen molar-refractivity contribution >= 4 is 35.0 Å². The summed E-state index contributed by atoms with van der Waals surface area (Å²) >= 11 is 1.48. The van der Waals surface area contributed by atoms with Crippen LogP contribution in [0.1, 0.15) is 12.8 Å². The van der Waals surface area contributed by atoms with Crippen molar-refractivity contribution in [3.8, 4) is 0 Å². The zero-order chi connectivity index (χ0) is 19.3. The fourth-order valence-corrected chi connectivity index (χ4v) is 4.56. The number of thioether (sulfide) groups is 1. The second-order valence-electron chi connectivity index (χ2n) is 6.97. The van der Waals surface area contributed by atoms with Crippen molar-refractivity contribution in [1.82, 2.24) is 9.88 Å². The zero-order valence-electron chi connectivity index (χ0n) is 15.8. The van der Waals surface area contributed by atoms with E-state index >= 15 is 0 Å². The first kappa shape index (κ1) is 18.8. The number of anilines is 2. The Hall–Kier alpha value is -2.54. The number of hydrogen-bond acceptors (Lipinski definition) is 5. The largest absolute Gasteiger partial charge is 0.368 e. The quantitative estimate of drug-likeness (QED) is 0.778. The second kappa shape index (κ2) is 8.65. The Morgan fingerprint density at radius 3 is 2.61 bits per heavy atom. The molecule has 1 aromatic carbocycles. The number of benzene rings is 1. The van der Waals surface area contributed by atoms with Crippen LogP contribution in [0.2, 0.25) is 0 Å². The van der Waals surface area contributed by atoms with E-state index < -0.39 is 0 Å². The fourth-order valence-electron chi connectivity index (χ4n) is 3.69. The molecule has 6 nitrogen and oxygen atoms in total. The highest BCUT2D eigenvalue weighted by molar-refractivity contribution is 8.00. The first-order chi connectivity index (χ1) is 13.7. The molecule has 3 heterocycles. The molecule has 0 saturated carbocycles. The van der Waals surface area contributed by atoms with E-state index in [0.29, 0.717) is 25.1 Å². The summed E-state index contributed by atoms with van der Waals surface area (Å²) < 4.78 is 0. The third kappa shape index (κ3) is 4.14. The van der Waals surface area contributed by atoms with Crippen LogP contribution in [0, 0.1) is 0 Å². The number of fused-ring (bicyclic) bond motifs is 1. The van der Waals surface area contributed by atoms with E-state index in [-0.39, 0.29) is 11.8 Å². The van der Waals surface area contributed by atoms with Gasteiger partial charge in [-0.1, -0.05) is 30.0 Å². The Balaban J connectivity index is 1.26. The Kier molecular flexibility index (Phi) is 5.81. The number of carbonyl (C=O) groups excluding carboxylic acids is 2. The number of carbonyl (C=O) groups is 2. The molecule has 28 heavy (non-hydrogen) atoms. The van der Waals surface area contributed by atoms with E-state index in [4.69, 9.17) is 0 Å². The standard InChI is InChI=1S/C21H24N4O2S/c26-19(24-14-12-23(13-15-24)17-6-2-1-3-7-17)9-5-11-25-18-8-4-10-22-21(18)28-16-20(25)27/h1-4,6-8,10H,5,9,11-16H2. The van der Waals surface area contributed by atoms with Gasteiger partial charge in [0.2, 0.25) is 11.8 Å².